The molecule has 0 radical (unpaired) electrons. The van der Waals surface area contributed by atoms with Crippen molar-refractivity contribution < 1.29 is 4.74 Å². The van der Waals surface area contributed by atoms with E-state index in [4.69, 9.17) is 4.74 Å². The molecular weight excluding hydrogens is 196 g/mol. The van der Waals surface area contributed by atoms with Crippen LogP contribution >= 0.6 is 0 Å². The van der Waals surface area contributed by atoms with Gasteiger partial charge >= 0.3 is 0 Å². The predicted molar refractivity (Wildman–Crippen MR) is 70.5 cm³/mol. The lowest BCUT2D eigenvalue weighted by molar-refractivity contribution is 0.403. The molecule has 0 bridgehead atoms. The summed E-state index contributed by atoms with van der Waals surface area (Å²) < 4.78 is 5.51. The smallest absolute Gasteiger partial charge is 0.125 e. The molecule has 1 aromatic carbocycles. The summed E-state index contributed by atoms with van der Waals surface area (Å²) in [6.07, 6.45) is 0. The molecule has 16 heavy (non-hydrogen) atoms. The zero-order chi connectivity index (χ0) is 12.5. The summed E-state index contributed by atoms with van der Waals surface area (Å²) in [7, 11) is 1.75. The molecule has 0 unspecified atom stereocenters. The highest BCUT2D eigenvalue weighted by molar-refractivity contribution is 5.47. The third kappa shape index (κ3) is 2.58. The van der Waals surface area contributed by atoms with Crippen LogP contribution in [0.15, 0.2) is 12.1 Å². The van der Waals surface area contributed by atoms with Crippen molar-refractivity contribution >= 4 is 0 Å². The van der Waals surface area contributed by atoms with Crippen molar-refractivity contribution in [1.82, 2.24) is 0 Å². The van der Waals surface area contributed by atoms with E-state index in [1.807, 2.05) is 0 Å². The maximum atomic E-state index is 5.51. The van der Waals surface area contributed by atoms with Gasteiger partial charge in [0.05, 0.1) is 7.11 Å². The molecule has 0 N–H and O–H groups in total. The first-order valence-electron chi connectivity index (χ1n) is 5.96. The second-order valence-electron chi connectivity index (χ2n) is 5.82. The molecule has 1 nitrogen and oxygen atoms in total. The van der Waals surface area contributed by atoms with Crippen LogP contribution in [0.4, 0.5) is 0 Å². The van der Waals surface area contributed by atoms with Crippen LogP contribution < -0.4 is 4.74 Å². The summed E-state index contributed by atoms with van der Waals surface area (Å²) in [4.78, 5) is 0. The van der Waals surface area contributed by atoms with Crippen LogP contribution in [0, 0.1) is 6.92 Å². The van der Waals surface area contributed by atoms with Gasteiger partial charge in [-0.3, -0.25) is 0 Å². The number of benzene rings is 1. The zero-order valence-corrected chi connectivity index (χ0v) is 11.6. The van der Waals surface area contributed by atoms with Crippen LogP contribution in [0.5, 0.6) is 5.75 Å². The van der Waals surface area contributed by atoms with Gasteiger partial charge in [-0.05, 0) is 34.9 Å². The molecule has 1 heteroatoms. The number of hydrogen-bond acceptors (Lipinski definition) is 1. The monoisotopic (exact) mass is 220 g/mol. The van der Waals surface area contributed by atoms with Gasteiger partial charge in [-0.25, -0.2) is 0 Å². The van der Waals surface area contributed by atoms with Gasteiger partial charge in [-0.15, -0.1) is 0 Å². The first-order chi connectivity index (χ1) is 7.27. The summed E-state index contributed by atoms with van der Waals surface area (Å²) in [5, 5.41) is 0. The molecule has 0 amide bonds. The fraction of sp³-hybridized carbons (Fsp3) is 0.600. The Labute approximate surface area is 99.8 Å². The van der Waals surface area contributed by atoms with E-state index in [9.17, 15) is 0 Å². The summed E-state index contributed by atoms with van der Waals surface area (Å²) in [6.45, 7) is 13.3. The van der Waals surface area contributed by atoms with Crippen molar-refractivity contribution in [3.8, 4) is 5.75 Å². The Morgan fingerprint density at radius 2 is 1.69 bits per heavy atom. The van der Waals surface area contributed by atoms with E-state index in [0.29, 0.717) is 5.92 Å². The van der Waals surface area contributed by atoms with Crippen molar-refractivity contribution in [1.29, 1.82) is 0 Å². The molecule has 0 saturated heterocycles. The third-order valence-electron chi connectivity index (χ3n) is 3.00. The molecule has 0 aliphatic rings. The van der Waals surface area contributed by atoms with Gasteiger partial charge < -0.3 is 4.74 Å². The Bertz CT molecular complexity index is 370. The van der Waals surface area contributed by atoms with Crippen LogP contribution in [0.1, 0.15) is 57.2 Å². The van der Waals surface area contributed by atoms with Crippen molar-refractivity contribution in [2.45, 2.75) is 52.9 Å². The van der Waals surface area contributed by atoms with Crippen molar-refractivity contribution in [2.75, 3.05) is 7.11 Å². The third-order valence-corrected chi connectivity index (χ3v) is 3.00. The Balaban J connectivity index is 3.40. The maximum Gasteiger partial charge on any atom is 0.125 e. The van der Waals surface area contributed by atoms with Gasteiger partial charge in [0.25, 0.3) is 0 Å². The normalized spacial score (nSPS) is 12.0. The summed E-state index contributed by atoms with van der Waals surface area (Å²) in [5.74, 6) is 1.54. The van der Waals surface area contributed by atoms with E-state index in [-0.39, 0.29) is 5.41 Å². The number of rotatable bonds is 2. The fourth-order valence-electron chi connectivity index (χ4n) is 1.94. The number of ether oxygens (including phenoxy) is 1. The number of methoxy groups -OCH3 is 1. The van der Waals surface area contributed by atoms with Gasteiger partial charge in [-0.1, -0.05) is 46.8 Å². The van der Waals surface area contributed by atoms with E-state index in [2.05, 4.69) is 53.7 Å². The minimum absolute atomic E-state index is 0.195. The van der Waals surface area contributed by atoms with Gasteiger partial charge in [0.2, 0.25) is 0 Å². The van der Waals surface area contributed by atoms with Crippen LogP contribution in [0.25, 0.3) is 0 Å². The molecule has 0 aliphatic carbocycles. The minimum atomic E-state index is 0.195. The van der Waals surface area contributed by atoms with E-state index in [1.165, 1.54) is 16.7 Å². The lowest BCUT2D eigenvalue weighted by Crippen LogP contribution is -2.13. The second kappa shape index (κ2) is 4.48. The summed E-state index contributed by atoms with van der Waals surface area (Å²) >= 11 is 0. The standard InChI is InChI=1S/C15H24O/c1-10(2)13-9-12(15(4,5)6)8-11(3)14(13)16-7/h8-10H,1-7H3. The van der Waals surface area contributed by atoms with Gasteiger partial charge in [0, 0.05) is 0 Å². The molecule has 0 spiro atoms. The zero-order valence-electron chi connectivity index (χ0n) is 11.6. The topological polar surface area (TPSA) is 9.23 Å². The second-order valence-corrected chi connectivity index (χ2v) is 5.82. The first kappa shape index (κ1) is 13.1. The predicted octanol–water partition coefficient (Wildman–Crippen LogP) is 4.42. The average molecular weight is 220 g/mol. The van der Waals surface area contributed by atoms with E-state index in [0.717, 1.165) is 5.75 Å². The molecule has 90 valence electrons. The van der Waals surface area contributed by atoms with Gasteiger partial charge in [0.1, 0.15) is 5.75 Å². The molecular formula is C15H24O. The maximum absolute atomic E-state index is 5.51. The highest BCUT2D eigenvalue weighted by Gasteiger charge is 2.19. The Hall–Kier alpha value is -0.980. The van der Waals surface area contributed by atoms with Gasteiger partial charge in [0.15, 0.2) is 0 Å². The Kier molecular flexibility index (Phi) is 3.67. The molecule has 0 heterocycles. The molecule has 1 aromatic rings. The Morgan fingerprint density at radius 1 is 1.12 bits per heavy atom. The van der Waals surface area contributed by atoms with Crippen LogP contribution in [-0.4, -0.2) is 7.11 Å². The van der Waals surface area contributed by atoms with Crippen molar-refractivity contribution in [3.63, 3.8) is 0 Å². The summed E-state index contributed by atoms with van der Waals surface area (Å²) in [6, 6.07) is 4.53. The molecule has 0 aromatic heterocycles. The van der Waals surface area contributed by atoms with Crippen LogP contribution in [-0.2, 0) is 5.41 Å². The van der Waals surface area contributed by atoms with Crippen LogP contribution in [0.2, 0.25) is 0 Å². The first-order valence-corrected chi connectivity index (χ1v) is 5.96. The Morgan fingerprint density at radius 3 is 2.06 bits per heavy atom. The van der Waals surface area contributed by atoms with E-state index in [1.54, 1.807) is 7.11 Å². The van der Waals surface area contributed by atoms with Crippen molar-refractivity contribution in [3.05, 3.63) is 28.8 Å². The lowest BCUT2D eigenvalue weighted by atomic mass is 9.83. The van der Waals surface area contributed by atoms with Crippen molar-refractivity contribution in [2.24, 2.45) is 0 Å². The molecule has 1 rings (SSSR count). The van der Waals surface area contributed by atoms with Gasteiger partial charge in [-0.2, -0.15) is 0 Å². The summed E-state index contributed by atoms with van der Waals surface area (Å²) in [5.41, 5.74) is 4.13. The van der Waals surface area contributed by atoms with E-state index < -0.39 is 0 Å². The molecule has 0 fully saturated rings. The largest absolute Gasteiger partial charge is 0.496 e. The SMILES string of the molecule is COc1c(C)cc(C(C)(C)C)cc1C(C)C. The molecule has 0 aliphatic heterocycles. The molecule has 0 atom stereocenters. The highest BCUT2D eigenvalue weighted by atomic mass is 16.5. The fourth-order valence-corrected chi connectivity index (χ4v) is 1.94. The number of aryl methyl sites for hydroxylation is 1. The van der Waals surface area contributed by atoms with E-state index >= 15 is 0 Å². The number of hydrogen-bond donors (Lipinski definition) is 0. The average Bonchev–Trinajstić information content (AvgIpc) is 2.14. The highest BCUT2D eigenvalue weighted by Crippen LogP contribution is 2.34. The quantitative estimate of drug-likeness (QED) is 0.716. The minimum Gasteiger partial charge on any atom is -0.496 e. The van der Waals surface area contributed by atoms with Crippen LogP contribution in [0.3, 0.4) is 0 Å². The molecule has 0 saturated carbocycles. The lowest BCUT2D eigenvalue weighted by Gasteiger charge is -2.23.